The van der Waals surface area contributed by atoms with E-state index in [0.717, 1.165) is 26.5 Å². The summed E-state index contributed by atoms with van der Waals surface area (Å²) >= 11 is 3.47. The van der Waals surface area contributed by atoms with Gasteiger partial charge in [0.1, 0.15) is 0 Å². The summed E-state index contributed by atoms with van der Waals surface area (Å²) in [5, 5.41) is 9.08. The van der Waals surface area contributed by atoms with Crippen molar-refractivity contribution in [2.75, 3.05) is 0 Å². The standard InChI is InChI=1S/C12H7BrN4/c13-8-5-6-10-12(7-8)17-14-9-3-1-2-4-11(9)16(17)15-10/h1-7H. The van der Waals surface area contributed by atoms with Crippen LogP contribution in [0.3, 0.4) is 0 Å². The molecule has 0 N–H and O–H groups in total. The molecule has 17 heavy (non-hydrogen) atoms. The van der Waals surface area contributed by atoms with Crippen molar-refractivity contribution in [1.82, 2.24) is 14.8 Å². The predicted molar refractivity (Wildman–Crippen MR) is 66.9 cm³/mol. The fourth-order valence-electron chi connectivity index (χ4n) is 2.06. The smallest absolute Gasteiger partial charge is 0.226 e. The van der Waals surface area contributed by atoms with Gasteiger partial charge in [0.15, 0.2) is 5.52 Å². The van der Waals surface area contributed by atoms with Gasteiger partial charge in [-0.25, -0.2) is 0 Å². The summed E-state index contributed by atoms with van der Waals surface area (Å²) in [7, 11) is 0. The number of hydrogen-bond donors (Lipinski definition) is 0. The van der Waals surface area contributed by atoms with Gasteiger partial charge in [-0.2, -0.15) is 4.63 Å². The number of aromatic nitrogens is 4. The first-order valence-electron chi connectivity index (χ1n) is 5.25. The molecule has 4 rings (SSSR count). The number of rotatable bonds is 0. The minimum Gasteiger partial charge on any atom is -0.271 e. The van der Waals surface area contributed by atoms with Gasteiger partial charge in [-0.3, -0.25) is 5.10 Å². The van der Waals surface area contributed by atoms with E-state index in [1.807, 2.05) is 51.7 Å². The monoisotopic (exact) mass is 286 g/mol. The van der Waals surface area contributed by atoms with Gasteiger partial charge in [0, 0.05) is 21.6 Å². The van der Waals surface area contributed by atoms with Crippen molar-refractivity contribution in [2.24, 2.45) is 0 Å². The van der Waals surface area contributed by atoms with Gasteiger partial charge >= 0.3 is 0 Å². The summed E-state index contributed by atoms with van der Waals surface area (Å²) in [6, 6.07) is 14.0. The fourth-order valence-corrected chi connectivity index (χ4v) is 2.41. The molecular weight excluding hydrogens is 280 g/mol. The Morgan fingerprint density at radius 3 is 3.00 bits per heavy atom. The Balaban J connectivity index is 2.30. The first-order chi connectivity index (χ1) is 8.33. The topological polar surface area (TPSA) is 35.5 Å². The first-order valence-corrected chi connectivity index (χ1v) is 6.04. The minimum atomic E-state index is 0.937. The van der Waals surface area contributed by atoms with E-state index in [-0.39, 0.29) is 0 Å². The summed E-state index contributed by atoms with van der Waals surface area (Å²) in [6.45, 7) is 0. The van der Waals surface area contributed by atoms with Crippen LogP contribution in [0.5, 0.6) is 0 Å². The third kappa shape index (κ3) is 1.17. The van der Waals surface area contributed by atoms with Crippen LogP contribution in [-0.4, -0.2) is 9.73 Å². The molecule has 0 unspecified atom stereocenters. The molecule has 2 aromatic carbocycles. The zero-order chi connectivity index (χ0) is 11.4. The molecular formula is C12H7BrN4. The lowest BCUT2D eigenvalue weighted by molar-refractivity contribution is -0.654. The van der Waals surface area contributed by atoms with Gasteiger partial charge in [-0.15, -0.1) is 4.63 Å². The molecule has 0 amide bonds. The van der Waals surface area contributed by atoms with E-state index >= 15 is 0 Å². The summed E-state index contributed by atoms with van der Waals surface area (Å²) in [6.07, 6.45) is 0. The highest BCUT2D eigenvalue weighted by Crippen LogP contribution is 2.16. The molecule has 2 aromatic heterocycles. The number of benzene rings is 2. The van der Waals surface area contributed by atoms with Gasteiger partial charge in [0.2, 0.25) is 5.52 Å². The first kappa shape index (κ1) is 9.18. The molecule has 0 saturated carbocycles. The summed E-state index contributed by atoms with van der Waals surface area (Å²) < 4.78 is 4.68. The van der Waals surface area contributed by atoms with E-state index in [2.05, 4.69) is 26.1 Å². The highest BCUT2D eigenvalue weighted by atomic mass is 79.9. The molecule has 4 nitrogen and oxygen atoms in total. The molecule has 0 aliphatic heterocycles. The molecule has 0 aliphatic rings. The molecule has 2 heterocycles. The summed E-state index contributed by atoms with van der Waals surface area (Å²) in [4.78, 5) is 0. The number of para-hydroxylation sites is 1. The Morgan fingerprint density at radius 2 is 2.06 bits per heavy atom. The number of nitrogens with zero attached hydrogens (tertiary/aromatic N) is 4. The highest BCUT2D eigenvalue weighted by Gasteiger charge is 2.11. The Morgan fingerprint density at radius 1 is 1.18 bits per heavy atom. The maximum Gasteiger partial charge on any atom is 0.226 e. The molecule has 0 radical (unpaired) electrons. The van der Waals surface area contributed by atoms with Crippen molar-refractivity contribution in [3.05, 3.63) is 46.9 Å². The van der Waals surface area contributed by atoms with Crippen molar-refractivity contribution in [3.8, 4) is 0 Å². The van der Waals surface area contributed by atoms with E-state index in [4.69, 9.17) is 0 Å². The Bertz CT molecular complexity index is 859. The van der Waals surface area contributed by atoms with E-state index in [0.29, 0.717) is 0 Å². The van der Waals surface area contributed by atoms with E-state index in [9.17, 15) is 0 Å². The molecule has 82 valence electrons. The van der Waals surface area contributed by atoms with Crippen molar-refractivity contribution >= 4 is 38.0 Å². The van der Waals surface area contributed by atoms with Crippen LogP contribution >= 0.6 is 15.9 Å². The van der Waals surface area contributed by atoms with Crippen LogP contribution in [0.4, 0.5) is 0 Å². The van der Waals surface area contributed by atoms with Gasteiger partial charge in [-0.1, -0.05) is 40.2 Å². The molecule has 0 atom stereocenters. The second kappa shape index (κ2) is 3.07. The van der Waals surface area contributed by atoms with Gasteiger partial charge in [-0.05, 0) is 17.2 Å². The quantitative estimate of drug-likeness (QED) is 0.463. The number of fused-ring (bicyclic) bond motifs is 5. The van der Waals surface area contributed by atoms with Gasteiger partial charge in [0.05, 0.1) is 0 Å². The summed E-state index contributed by atoms with van der Waals surface area (Å²) in [5.41, 5.74) is 3.89. The Kier molecular flexibility index (Phi) is 1.66. The zero-order valence-corrected chi connectivity index (χ0v) is 10.3. The van der Waals surface area contributed by atoms with Crippen molar-refractivity contribution < 1.29 is 4.63 Å². The maximum atomic E-state index is 4.54. The minimum absolute atomic E-state index is 0.937. The normalized spacial score (nSPS) is 11.8. The van der Waals surface area contributed by atoms with Crippen LogP contribution in [0.15, 0.2) is 46.9 Å². The number of halogens is 1. The van der Waals surface area contributed by atoms with Crippen LogP contribution in [0, 0.1) is 0 Å². The largest absolute Gasteiger partial charge is 0.271 e. The van der Waals surface area contributed by atoms with Crippen LogP contribution in [0.25, 0.3) is 22.1 Å². The van der Waals surface area contributed by atoms with Crippen LogP contribution in [0.2, 0.25) is 0 Å². The molecule has 0 fully saturated rings. The molecule has 0 saturated heterocycles. The maximum absolute atomic E-state index is 4.54. The average molecular weight is 287 g/mol. The molecule has 0 spiro atoms. The third-order valence-corrected chi connectivity index (χ3v) is 3.33. The van der Waals surface area contributed by atoms with E-state index < -0.39 is 0 Å². The Hall–Kier alpha value is -1.88. The lowest BCUT2D eigenvalue weighted by Crippen LogP contribution is -2.30. The van der Waals surface area contributed by atoms with E-state index in [1.165, 1.54) is 0 Å². The predicted octanol–water partition coefficient (Wildman–Crippen LogP) is 1.95. The molecule has 0 bridgehead atoms. The summed E-state index contributed by atoms with van der Waals surface area (Å²) in [5.74, 6) is 0. The Labute approximate surface area is 105 Å². The second-order valence-corrected chi connectivity index (χ2v) is 4.82. The molecule has 5 heteroatoms. The van der Waals surface area contributed by atoms with Crippen molar-refractivity contribution in [2.45, 2.75) is 0 Å². The lowest BCUT2D eigenvalue weighted by Gasteiger charge is -1.88. The van der Waals surface area contributed by atoms with Crippen molar-refractivity contribution in [1.29, 1.82) is 0 Å². The molecule has 4 aromatic rings. The second-order valence-electron chi connectivity index (χ2n) is 3.90. The van der Waals surface area contributed by atoms with Crippen LogP contribution in [0.1, 0.15) is 0 Å². The van der Waals surface area contributed by atoms with Gasteiger partial charge < -0.3 is 0 Å². The van der Waals surface area contributed by atoms with Gasteiger partial charge in [0.25, 0.3) is 0 Å². The number of hydrogen-bond acceptors (Lipinski definition) is 1. The van der Waals surface area contributed by atoms with Crippen LogP contribution < -0.4 is 9.73 Å². The lowest BCUT2D eigenvalue weighted by atomic mass is 10.3. The third-order valence-electron chi connectivity index (χ3n) is 2.83. The molecule has 0 aliphatic carbocycles. The van der Waals surface area contributed by atoms with Crippen LogP contribution in [-0.2, 0) is 0 Å². The fraction of sp³-hybridized carbons (Fsp3) is 0. The van der Waals surface area contributed by atoms with Crippen molar-refractivity contribution in [3.63, 3.8) is 0 Å². The zero-order valence-electron chi connectivity index (χ0n) is 8.71. The SMILES string of the molecule is Brc1ccc2nn3c4ccccc4[n-][n+]3c2c1. The highest BCUT2D eigenvalue weighted by molar-refractivity contribution is 9.10. The van der Waals surface area contributed by atoms with E-state index in [1.54, 1.807) is 0 Å². The average Bonchev–Trinajstić information content (AvgIpc) is 2.85.